The largest absolute Gasteiger partial charge is 0.367 e. The Morgan fingerprint density at radius 2 is 1.67 bits per heavy atom. The molecule has 1 N–H and O–H groups in total. The van der Waals surface area contributed by atoms with Crippen LogP contribution in [0.25, 0.3) is 22.3 Å². The van der Waals surface area contributed by atoms with Crippen molar-refractivity contribution in [2.75, 3.05) is 5.32 Å². The van der Waals surface area contributed by atoms with Gasteiger partial charge in [0.25, 0.3) is 0 Å². The quantitative estimate of drug-likeness (QED) is 0.762. The lowest BCUT2D eigenvalue weighted by molar-refractivity contribution is 0.760. The summed E-state index contributed by atoms with van der Waals surface area (Å²) in [5, 5.41) is 4.56. The number of hydrogen-bond acceptors (Lipinski definition) is 3. The van der Waals surface area contributed by atoms with Gasteiger partial charge in [-0.1, -0.05) is 49.4 Å². The van der Waals surface area contributed by atoms with E-state index < -0.39 is 0 Å². The SMILES string of the molecule is CCC(C)Nc1nc(-c2ccccc2)nc2ccccc12. The molecule has 3 aromatic rings. The van der Waals surface area contributed by atoms with Gasteiger partial charge in [-0.25, -0.2) is 9.97 Å². The summed E-state index contributed by atoms with van der Waals surface area (Å²) in [4.78, 5) is 9.42. The molecule has 0 saturated carbocycles. The maximum absolute atomic E-state index is 4.74. The fraction of sp³-hybridized carbons (Fsp3) is 0.222. The molecule has 0 spiro atoms. The summed E-state index contributed by atoms with van der Waals surface area (Å²) >= 11 is 0. The standard InChI is InChI=1S/C18H19N3/c1-3-13(2)19-18-15-11-7-8-12-16(15)20-17(21-18)14-9-5-4-6-10-14/h4-13H,3H2,1-2H3,(H,19,20,21). The first-order valence-electron chi connectivity index (χ1n) is 7.36. The van der Waals surface area contributed by atoms with E-state index in [4.69, 9.17) is 4.98 Å². The zero-order valence-corrected chi connectivity index (χ0v) is 12.4. The molecule has 1 aromatic heterocycles. The van der Waals surface area contributed by atoms with Gasteiger partial charge in [-0.3, -0.25) is 0 Å². The molecule has 106 valence electrons. The van der Waals surface area contributed by atoms with Gasteiger partial charge in [0.15, 0.2) is 5.82 Å². The van der Waals surface area contributed by atoms with E-state index >= 15 is 0 Å². The number of rotatable bonds is 4. The van der Waals surface area contributed by atoms with Crippen LogP contribution in [0.1, 0.15) is 20.3 Å². The molecule has 1 unspecified atom stereocenters. The second-order valence-corrected chi connectivity index (χ2v) is 5.23. The Morgan fingerprint density at radius 3 is 2.43 bits per heavy atom. The van der Waals surface area contributed by atoms with E-state index in [9.17, 15) is 0 Å². The van der Waals surface area contributed by atoms with Crippen LogP contribution in [0.3, 0.4) is 0 Å². The Bertz CT molecular complexity index is 738. The van der Waals surface area contributed by atoms with E-state index in [0.29, 0.717) is 6.04 Å². The van der Waals surface area contributed by atoms with Crippen molar-refractivity contribution in [2.45, 2.75) is 26.3 Å². The van der Waals surface area contributed by atoms with Gasteiger partial charge < -0.3 is 5.32 Å². The van der Waals surface area contributed by atoms with E-state index in [2.05, 4.69) is 30.2 Å². The van der Waals surface area contributed by atoms with Crippen LogP contribution in [0.2, 0.25) is 0 Å². The summed E-state index contributed by atoms with van der Waals surface area (Å²) in [6.45, 7) is 4.33. The first-order chi connectivity index (χ1) is 10.3. The second kappa shape index (κ2) is 5.92. The summed E-state index contributed by atoms with van der Waals surface area (Å²) < 4.78 is 0. The van der Waals surface area contributed by atoms with Crippen LogP contribution >= 0.6 is 0 Å². The fourth-order valence-electron chi connectivity index (χ4n) is 2.24. The van der Waals surface area contributed by atoms with Gasteiger partial charge in [0.1, 0.15) is 5.82 Å². The van der Waals surface area contributed by atoms with Crippen molar-refractivity contribution < 1.29 is 0 Å². The van der Waals surface area contributed by atoms with Gasteiger partial charge >= 0.3 is 0 Å². The first-order valence-corrected chi connectivity index (χ1v) is 7.36. The molecular formula is C18H19N3. The zero-order valence-electron chi connectivity index (χ0n) is 12.4. The van der Waals surface area contributed by atoms with Gasteiger partial charge in [0, 0.05) is 17.0 Å². The van der Waals surface area contributed by atoms with Crippen molar-refractivity contribution in [3.63, 3.8) is 0 Å². The zero-order chi connectivity index (χ0) is 14.7. The molecule has 0 saturated heterocycles. The predicted octanol–water partition coefficient (Wildman–Crippen LogP) is 4.51. The molecule has 21 heavy (non-hydrogen) atoms. The molecule has 0 fully saturated rings. The number of nitrogens with zero attached hydrogens (tertiary/aromatic N) is 2. The number of para-hydroxylation sites is 1. The second-order valence-electron chi connectivity index (χ2n) is 5.23. The highest BCUT2D eigenvalue weighted by Crippen LogP contribution is 2.25. The monoisotopic (exact) mass is 277 g/mol. The molecule has 0 radical (unpaired) electrons. The Kier molecular flexibility index (Phi) is 3.82. The third-order valence-corrected chi connectivity index (χ3v) is 3.63. The predicted molar refractivity (Wildman–Crippen MR) is 88.3 cm³/mol. The van der Waals surface area contributed by atoms with Gasteiger partial charge in [-0.2, -0.15) is 0 Å². The lowest BCUT2D eigenvalue weighted by Gasteiger charge is -2.15. The van der Waals surface area contributed by atoms with E-state index in [-0.39, 0.29) is 0 Å². The minimum Gasteiger partial charge on any atom is -0.367 e. The van der Waals surface area contributed by atoms with Crippen molar-refractivity contribution >= 4 is 16.7 Å². The summed E-state index contributed by atoms with van der Waals surface area (Å²) in [5.41, 5.74) is 2.01. The normalized spacial score (nSPS) is 12.3. The van der Waals surface area contributed by atoms with Crippen LogP contribution in [0.15, 0.2) is 54.6 Å². The Morgan fingerprint density at radius 1 is 0.952 bits per heavy atom. The first kappa shape index (κ1) is 13.6. The van der Waals surface area contributed by atoms with Crippen LogP contribution in [-0.2, 0) is 0 Å². The number of aromatic nitrogens is 2. The Labute approximate surface area is 125 Å². The molecule has 0 amide bonds. The molecule has 3 rings (SSSR count). The summed E-state index contributed by atoms with van der Waals surface area (Å²) in [5.74, 6) is 1.67. The van der Waals surface area contributed by atoms with Gasteiger partial charge in [-0.15, -0.1) is 0 Å². The van der Waals surface area contributed by atoms with Crippen molar-refractivity contribution in [3.8, 4) is 11.4 Å². The summed E-state index contributed by atoms with van der Waals surface area (Å²) in [6.07, 6.45) is 1.05. The Balaban J connectivity index is 2.15. The molecule has 2 aromatic carbocycles. The van der Waals surface area contributed by atoms with E-state index in [1.54, 1.807) is 0 Å². The molecule has 1 atom stereocenters. The Hall–Kier alpha value is -2.42. The minimum atomic E-state index is 0.381. The fourth-order valence-corrected chi connectivity index (χ4v) is 2.24. The lowest BCUT2D eigenvalue weighted by Crippen LogP contribution is -2.15. The topological polar surface area (TPSA) is 37.8 Å². The number of anilines is 1. The van der Waals surface area contributed by atoms with Gasteiger partial charge in [0.2, 0.25) is 0 Å². The number of fused-ring (bicyclic) bond motifs is 1. The van der Waals surface area contributed by atoms with E-state index in [1.807, 2.05) is 48.5 Å². The van der Waals surface area contributed by atoms with Crippen LogP contribution in [0, 0.1) is 0 Å². The molecule has 3 nitrogen and oxygen atoms in total. The highest BCUT2D eigenvalue weighted by molar-refractivity contribution is 5.90. The van der Waals surface area contributed by atoms with Crippen molar-refractivity contribution in [1.82, 2.24) is 9.97 Å². The lowest BCUT2D eigenvalue weighted by atomic mass is 10.1. The van der Waals surface area contributed by atoms with Crippen LogP contribution in [0.4, 0.5) is 5.82 Å². The molecular weight excluding hydrogens is 258 g/mol. The summed E-state index contributed by atoms with van der Waals surface area (Å²) in [7, 11) is 0. The molecule has 0 aliphatic heterocycles. The minimum absolute atomic E-state index is 0.381. The molecule has 1 heterocycles. The maximum Gasteiger partial charge on any atom is 0.162 e. The highest BCUT2D eigenvalue weighted by atomic mass is 15.0. The third-order valence-electron chi connectivity index (χ3n) is 3.63. The highest BCUT2D eigenvalue weighted by Gasteiger charge is 2.10. The number of hydrogen-bond donors (Lipinski definition) is 1. The summed E-state index contributed by atoms with van der Waals surface area (Å²) in [6, 6.07) is 18.6. The molecule has 0 aliphatic rings. The van der Waals surface area contributed by atoms with Crippen molar-refractivity contribution in [2.24, 2.45) is 0 Å². The smallest absolute Gasteiger partial charge is 0.162 e. The molecule has 0 aliphatic carbocycles. The average Bonchev–Trinajstić information content (AvgIpc) is 2.55. The number of nitrogens with one attached hydrogen (secondary N) is 1. The van der Waals surface area contributed by atoms with E-state index in [0.717, 1.165) is 34.5 Å². The average molecular weight is 277 g/mol. The van der Waals surface area contributed by atoms with Crippen molar-refractivity contribution in [1.29, 1.82) is 0 Å². The maximum atomic E-state index is 4.74. The number of benzene rings is 2. The van der Waals surface area contributed by atoms with Gasteiger partial charge in [0.05, 0.1) is 5.52 Å². The van der Waals surface area contributed by atoms with Crippen LogP contribution in [0.5, 0.6) is 0 Å². The third kappa shape index (κ3) is 2.87. The molecule has 3 heteroatoms. The van der Waals surface area contributed by atoms with Gasteiger partial charge in [-0.05, 0) is 25.5 Å². The van der Waals surface area contributed by atoms with Crippen LogP contribution < -0.4 is 5.32 Å². The van der Waals surface area contributed by atoms with E-state index in [1.165, 1.54) is 0 Å². The molecule has 0 bridgehead atoms. The van der Waals surface area contributed by atoms with Crippen molar-refractivity contribution in [3.05, 3.63) is 54.6 Å². The van der Waals surface area contributed by atoms with Crippen LogP contribution in [-0.4, -0.2) is 16.0 Å².